The Hall–Kier alpha value is -3.33. The van der Waals surface area contributed by atoms with Gasteiger partial charge >= 0.3 is 0 Å². The van der Waals surface area contributed by atoms with Gasteiger partial charge in [-0.2, -0.15) is 5.10 Å². The van der Waals surface area contributed by atoms with Gasteiger partial charge in [0.05, 0.1) is 28.3 Å². The molecule has 8 nitrogen and oxygen atoms in total. The van der Waals surface area contributed by atoms with E-state index < -0.39 is 0 Å². The first-order valence-electron chi connectivity index (χ1n) is 9.30. The largest absolute Gasteiger partial charge is 0.325 e. The van der Waals surface area contributed by atoms with E-state index in [9.17, 15) is 14.4 Å². The lowest BCUT2D eigenvalue weighted by Gasteiger charge is -2.12. The molecule has 0 unspecified atom stereocenters. The molecule has 1 aromatic carbocycles. The van der Waals surface area contributed by atoms with Gasteiger partial charge in [-0.3, -0.25) is 14.4 Å². The number of carbonyl (C=O) groups is 2. The first-order valence-corrected chi connectivity index (χ1v) is 10.1. The first-order chi connectivity index (χ1) is 14.1. The van der Waals surface area contributed by atoms with E-state index in [-0.39, 0.29) is 17.4 Å². The van der Waals surface area contributed by atoms with Crippen LogP contribution < -0.4 is 16.2 Å². The van der Waals surface area contributed by atoms with Crippen LogP contribution in [0.4, 0.5) is 11.4 Å². The summed E-state index contributed by atoms with van der Waals surface area (Å²) in [5.41, 5.74) is 4.13. The number of thiazole rings is 1. The second kappa shape index (κ2) is 8.19. The van der Waals surface area contributed by atoms with Crippen molar-refractivity contribution in [3.05, 3.63) is 55.9 Å². The van der Waals surface area contributed by atoms with Crippen molar-refractivity contribution in [3.8, 4) is 10.6 Å². The minimum absolute atomic E-state index is 0.231. The molecule has 0 atom stereocenters. The van der Waals surface area contributed by atoms with E-state index in [1.807, 2.05) is 26.8 Å². The Labute approximate surface area is 178 Å². The van der Waals surface area contributed by atoms with Gasteiger partial charge in [0, 0.05) is 14.0 Å². The Bertz CT molecular complexity index is 1230. The number of amides is 2. The van der Waals surface area contributed by atoms with Gasteiger partial charge in [0.25, 0.3) is 11.5 Å². The SMILES string of the molecule is CC(=O)Nc1ccc(C)cc1NC(=O)c1sc(-c2c(C)c(C)nn(C)c2=O)nc1C. The predicted molar refractivity (Wildman–Crippen MR) is 118 cm³/mol. The molecule has 2 amide bonds. The highest BCUT2D eigenvalue weighted by atomic mass is 32.1. The van der Waals surface area contributed by atoms with E-state index in [1.165, 1.54) is 11.6 Å². The Morgan fingerprint density at radius 3 is 2.40 bits per heavy atom. The second-order valence-corrected chi connectivity index (χ2v) is 8.13. The molecular weight excluding hydrogens is 402 g/mol. The molecule has 0 radical (unpaired) electrons. The van der Waals surface area contributed by atoms with E-state index >= 15 is 0 Å². The molecule has 2 N–H and O–H groups in total. The van der Waals surface area contributed by atoms with Crippen molar-refractivity contribution in [1.82, 2.24) is 14.8 Å². The zero-order chi connectivity index (χ0) is 22.2. The summed E-state index contributed by atoms with van der Waals surface area (Å²) in [4.78, 5) is 42.0. The number of nitrogens with one attached hydrogen (secondary N) is 2. The van der Waals surface area contributed by atoms with Gasteiger partial charge < -0.3 is 10.6 Å². The maximum atomic E-state index is 13.0. The van der Waals surface area contributed by atoms with Gasteiger partial charge in [-0.05, 0) is 51.0 Å². The third kappa shape index (κ3) is 4.16. The molecule has 0 bridgehead atoms. The molecule has 2 heterocycles. The Morgan fingerprint density at radius 1 is 1.03 bits per heavy atom. The predicted octanol–water partition coefficient (Wildman–Crippen LogP) is 3.35. The third-order valence-corrected chi connectivity index (χ3v) is 5.85. The van der Waals surface area contributed by atoms with E-state index in [0.717, 1.165) is 28.2 Å². The van der Waals surface area contributed by atoms with E-state index in [4.69, 9.17) is 0 Å². The van der Waals surface area contributed by atoms with Gasteiger partial charge in [-0.1, -0.05) is 6.07 Å². The van der Waals surface area contributed by atoms with E-state index in [2.05, 4.69) is 20.7 Å². The van der Waals surface area contributed by atoms with Crippen LogP contribution in [0.5, 0.6) is 0 Å². The summed E-state index contributed by atoms with van der Waals surface area (Å²) in [6.07, 6.45) is 0. The molecule has 0 aliphatic carbocycles. The first kappa shape index (κ1) is 21.4. The van der Waals surface area contributed by atoms with Crippen LogP contribution in [0.1, 0.15) is 39.1 Å². The van der Waals surface area contributed by atoms with Crippen LogP contribution in [0.2, 0.25) is 0 Å². The Kier molecular flexibility index (Phi) is 5.84. The average Bonchev–Trinajstić information content (AvgIpc) is 3.03. The molecule has 0 fully saturated rings. The van der Waals surface area contributed by atoms with Crippen LogP contribution in [0, 0.1) is 27.7 Å². The lowest BCUT2D eigenvalue weighted by molar-refractivity contribution is -0.114. The summed E-state index contributed by atoms with van der Waals surface area (Å²) in [5, 5.41) is 10.2. The third-order valence-electron chi connectivity index (χ3n) is 4.68. The van der Waals surface area contributed by atoms with Crippen molar-refractivity contribution in [1.29, 1.82) is 0 Å². The number of aryl methyl sites for hydroxylation is 4. The van der Waals surface area contributed by atoms with Gasteiger partial charge in [0.15, 0.2) is 0 Å². The number of aromatic nitrogens is 3. The molecule has 0 saturated carbocycles. The van der Waals surface area contributed by atoms with E-state index in [1.54, 1.807) is 26.1 Å². The van der Waals surface area contributed by atoms with Crippen molar-refractivity contribution < 1.29 is 9.59 Å². The van der Waals surface area contributed by atoms with Gasteiger partial charge in [0.1, 0.15) is 9.88 Å². The zero-order valence-corrected chi connectivity index (χ0v) is 18.5. The molecule has 0 spiro atoms. The second-order valence-electron chi connectivity index (χ2n) is 7.13. The minimum Gasteiger partial charge on any atom is -0.325 e. The number of nitrogens with zero attached hydrogens (tertiary/aromatic N) is 3. The molecule has 0 saturated heterocycles. The molecule has 0 aliphatic rings. The molecular formula is C21H23N5O3S. The summed E-state index contributed by atoms with van der Waals surface area (Å²) in [6, 6.07) is 5.37. The van der Waals surface area contributed by atoms with Crippen molar-refractivity contribution in [2.75, 3.05) is 10.6 Å². The Balaban J connectivity index is 2.00. The van der Waals surface area contributed by atoms with Crippen LogP contribution in [0.15, 0.2) is 23.0 Å². The zero-order valence-electron chi connectivity index (χ0n) is 17.7. The number of hydrogen-bond acceptors (Lipinski definition) is 6. The molecule has 3 aromatic rings. The lowest BCUT2D eigenvalue weighted by Crippen LogP contribution is -2.23. The summed E-state index contributed by atoms with van der Waals surface area (Å²) < 4.78 is 1.28. The highest BCUT2D eigenvalue weighted by Crippen LogP contribution is 2.30. The van der Waals surface area contributed by atoms with Crippen LogP contribution in [0.3, 0.4) is 0 Å². The van der Waals surface area contributed by atoms with Gasteiger partial charge in [-0.25, -0.2) is 9.67 Å². The van der Waals surface area contributed by atoms with Crippen molar-refractivity contribution in [3.63, 3.8) is 0 Å². The standard InChI is InChI=1S/C21H23N5O3S/c1-10-7-8-15(23-14(5)27)16(9-10)24-19(28)18-13(4)22-20(30-18)17-11(2)12(3)25-26(6)21(17)29/h7-9H,1-6H3,(H,23,27)(H,24,28). The number of hydrogen-bond donors (Lipinski definition) is 2. The normalized spacial score (nSPS) is 10.7. The van der Waals surface area contributed by atoms with Crippen molar-refractivity contribution in [2.45, 2.75) is 34.6 Å². The fraction of sp³-hybridized carbons (Fsp3) is 0.286. The average molecular weight is 426 g/mol. The molecule has 2 aromatic heterocycles. The monoisotopic (exact) mass is 425 g/mol. The number of anilines is 2. The number of rotatable bonds is 4. The fourth-order valence-electron chi connectivity index (χ4n) is 3.05. The van der Waals surface area contributed by atoms with Crippen LogP contribution in [0.25, 0.3) is 10.6 Å². The highest BCUT2D eigenvalue weighted by molar-refractivity contribution is 7.17. The fourth-order valence-corrected chi connectivity index (χ4v) is 4.11. The summed E-state index contributed by atoms with van der Waals surface area (Å²) in [5.74, 6) is -0.585. The number of benzene rings is 1. The number of carbonyl (C=O) groups excluding carboxylic acids is 2. The smallest absolute Gasteiger partial charge is 0.277 e. The maximum Gasteiger partial charge on any atom is 0.277 e. The summed E-state index contributed by atoms with van der Waals surface area (Å²) in [6.45, 7) is 8.68. The minimum atomic E-state index is -0.353. The molecule has 3 rings (SSSR count). The van der Waals surface area contributed by atoms with Crippen molar-refractivity contribution >= 4 is 34.5 Å². The molecule has 30 heavy (non-hydrogen) atoms. The van der Waals surface area contributed by atoms with Crippen molar-refractivity contribution in [2.24, 2.45) is 7.05 Å². The van der Waals surface area contributed by atoms with Crippen LogP contribution in [-0.2, 0) is 11.8 Å². The van der Waals surface area contributed by atoms with E-state index in [0.29, 0.717) is 32.5 Å². The topological polar surface area (TPSA) is 106 Å². The quantitative estimate of drug-likeness (QED) is 0.667. The van der Waals surface area contributed by atoms with Crippen LogP contribution in [-0.4, -0.2) is 26.6 Å². The molecule has 9 heteroatoms. The van der Waals surface area contributed by atoms with Gasteiger partial charge in [0.2, 0.25) is 5.91 Å². The maximum absolute atomic E-state index is 13.0. The highest BCUT2D eigenvalue weighted by Gasteiger charge is 2.21. The molecule has 0 aliphatic heterocycles. The summed E-state index contributed by atoms with van der Waals surface area (Å²) >= 11 is 1.16. The van der Waals surface area contributed by atoms with Crippen LogP contribution >= 0.6 is 11.3 Å². The molecule has 156 valence electrons. The van der Waals surface area contributed by atoms with Gasteiger partial charge in [-0.15, -0.1) is 11.3 Å². The Morgan fingerprint density at radius 2 is 1.73 bits per heavy atom. The lowest BCUT2D eigenvalue weighted by atomic mass is 10.1. The summed E-state index contributed by atoms with van der Waals surface area (Å²) in [7, 11) is 1.59.